The van der Waals surface area contributed by atoms with E-state index in [-0.39, 0.29) is 6.10 Å². The molecule has 0 spiro atoms. The monoisotopic (exact) mass is 430 g/mol. The van der Waals surface area contributed by atoms with Crippen molar-refractivity contribution in [3.63, 3.8) is 0 Å². The van der Waals surface area contributed by atoms with E-state index < -0.39 is 37.1 Å². The van der Waals surface area contributed by atoms with Crippen LogP contribution in [0.2, 0.25) is 0 Å². The van der Waals surface area contributed by atoms with Gasteiger partial charge in [-0.15, -0.1) is 0 Å². The van der Waals surface area contributed by atoms with Gasteiger partial charge in [-0.3, -0.25) is 0 Å². The fourth-order valence-corrected chi connectivity index (χ4v) is 4.14. The second-order valence-electron chi connectivity index (χ2n) is 8.36. The zero-order chi connectivity index (χ0) is 22.0. The van der Waals surface area contributed by atoms with E-state index in [4.69, 9.17) is 14.2 Å². The van der Waals surface area contributed by atoms with Crippen LogP contribution in [0.3, 0.4) is 0 Å². The summed E-state index contributed by atoms with van der Waals surface area (Å²) in [7, 11) is 0. The van der Waals surface area contributed by atoms with Gasteiger partial charge in [0.25, 0.3) is 0 Å². The average molecular weight is 430 g/mol. The molecule has 4 N–H and O–H groups in total. The van der Waals surface area contributed by atoms with E-state index in [1.54, 1.807) is 0 Å². The minimum Gasteiger partial charge on any atom is -0.488 e. The Labute approximate surface area is 181 Å². The van der Waals surface area contributed by atoms with Gasteiger partial charge in [0.1, 0.15) is 42.4 Å². The summed E-state index contributed by atoms with van der Waals surface area (Å²) in [6.45, 7) is 2.95. The zero-order valence-corrected chi connectivity index (χ0v) is 17.6. The highest BCUT2D eigenvalue weighted by Gasteiger charge is 2.43. The molecule has 2 fully saturated rings. The topological polar surface area (TPSA) is 109 Å². The number of hydrogen-bond acceptors (Lipinski definition) is 7. The standard InChI is InChI=1S/C24H30O7/c1-14-2-5-16(24-23(28)22(27)21(26)20(12-25)31-24)11-17(14)10-15-3-6-18(7-4-15)30-19-8-9-29-13-19/h2-7,11,19-28H,8-10,12-13H2,1H3/t19-,20-,21-,22+,23-,24+/m1/s1. The largest absolute Gasteiger partial charge is 0.488 e. The van der Waals surface area contributed by atoms with Crippen molar-refractivity contribution in [3.05, 3.63) is 64.7 Å². The summed E-state index contributed by atoms with van der Waals surface area (Å²) in [6.07, 6.45) is -4.09. The van der Waals surface area contributed by atoms with Crippen LogP contribution < -0.4 is 4.74 Å². The fourth-order valence-electron chi connectivity index (χ4n) is 4.14. The predicted molar refractivity (Wildman–Crippen MR) is 113 cm³/mol. The fraction of sp³-hybridized carbons (Fsp3) is 0.500. The Bertz CT molecular complexity index is 861. The van der Waals surface area contributed by atoms with Gasteiger partial charge in [0.2, 0.25) is 0 Å². The second kappa shape index (κ2) is 9.65. The molecule has 7 heteroatoms. The molecule has 31 heavy (non-hydrogen) atoms. The third kappa shape index (κ3) is 4.92. The molecular formula is C24H30O7. The van der Waals surface area contributed by atoms with Crippen LogP contribution >= 0.6 is 0 Å². The molecule has 2 heterocycles. The second-order valence-corrected chi connectivity index (χ2v) is 8.36. The van der Waals surface area contributed by atoms with Gasteiger partial charge in [-0.05, 0) is 47.7 Å². The summed E-state index contributed by atoms with van der Waals surface area (Å²) in [5.41, 5.74) is 3.96. The molecular weight excluding hydrogens is 400 g/mol. The number of aliphatic hydroxyl groups excluding tert-OH is 4. The average Bonchev–Trinajstić information content (AvgIpc) is 3.28. The van der Waals surface area contributed by atoms with Crippen LogP contribution in [0.15, 0.2) is 42.5 Å². The highest BCUT2D eigenvalue weighted by Crippen LogP contribution is 2.33. The zero-order valence-electron chi connectivity index (χ0n) is 17.6. The van der Waals surface area contributed by atoms with Gasteiger partial charge in [0, 0.05) is 6.42 Å². The summed E-state index contributed by atoms with van der Waals surface area (Å²) in [4.78, 5) is 0. The van der Waals surface area contributed by atoms with Crippen molar-refractivity contribution in [3.8, 4) is 5.75 Å². The lowest BCUT2D eigenvalue weighted by atomic mass is 9.89. The van der Waals surface area contributed by atoms with Crippen LogP contribution in [0.25, 0.3) is 0 Å². The molecule has 0 saturated carbocycles. The summed E-state index contributed by atoms with van der Waals surface area (Å²) < 4.78 is 17.0. The minimum absolute atomic E-state index is 0.114. The van der Waals surface area contributed by atoms with Crippen molar-refractivity contribution in [2.24, 2.45) is 0 Å². The lowest BCUT2D eigenvalue weighted by Crippen LogP contribution is -2.55. The molecule has 2 saturated heterocycles. The highest BCUT2D eigenvalue weighted by atomic mass is 16.5. The maximum atomic E-state index is 10.4. The summed E-state index contributed by atoms with van der Waals surface area (Å²) in [6, 6.07) is 13.7. The van der Waals surface area contributed by atoms with E-state index in [9.17, 15) is 20.4 Å². The van der Waals surface area contributed by atoms with E-state index in [1.165, 1.54) is 0 Å². The highest BCUT2D eigenvalue weighted by molar-refractivity contribution is 5.38. The molecule has 0 aromatic heterocycles. The normalized spacial score (nSPS) is 31.0. The number of ether oxygens (including phenoxy) is 3. The summed E-state index contributed by atoms with van der Waals surface area (Å²) in [5.74, 6) is 0.825. The lowest BCUT2D eigenvalue weighted by molar-refractivity contribution is -0.231. The summed E-state index contributed by atoms with van der Waals surface area (Å²) >= 11 is 0. The molecule has 168 valence electrons. The first-order valence-corrected chi connectivity index (χ1v) is 10.7. The number of aryl methyl sites for hydroxylation is 1. The molecule has 6 atom stereocenters. The maximum absolute atomic E-state index is 10.4. The molecule has 2 aliphatic rings. The van der Waals surface area contributed by atoms with Gasteiger partial charge in [-0.25, -0.2) is 0 Å². The number of benzene rings is 2. The molecule has 4 rings (SSSR count). The Balaban J connectivity index is 1.49. The number of hydrogen-bond donors (Lipinski definition) is 4. The molecule has 2 aliphatic heterocycles. The number of aliphatic hydroxyl groups is 4. The van der Waals surface area contributed by atoms with Crippen molar-refractivity contribution in [1.82, 2.24) is 0 Å². The SMILES string of the molecule is Cc1ccc([C@@H]2O[C@H](CO)[C@@H](O)[C@H](O)[C@H]2O)cc1Cc1ccc(O[C@@H]2CCOC2)cc1. The minimum atomic E-state index is -1.39. The van der Waals surface area contributed by atoms with Gasteiger partial charge in [0.15, 0.2) is 0 Å². The Hall–Kier alpha value is -2.00. The third-order valence-corrected chi connectivity index (χ3v) is 6.10. The lowest BCUT2D eigenvalue weighted by Gasteiger charge is -2.40. The van der Waals surface area contributed by atoms with E-state index >= 15 is 0 Å². The quantitative estimate of drug-likeness (QED) is 0.547. The molecule has 0 bridgehead atoms. The van der Waals surface area contributed by atoms with Crippen LogP contribution in [0.5, 0.6) is 5.75 Å². The van der Waals surface area contributed by atoms with Crippen LogP contribution in [-0.4, -0.2) is 70.8 Å². The predicted octanol–water partition coefficient (Wildman–Crippen LogP) is 1.27. The first-order chi connectivity index (χ1) is 15.0. The third-order valence-electron chi connectivity index (χ3n) is 6.10. The van der Waals surface area contributed by atoms with Crippen molar-refractivity contribution >= 4 is 0 Å². The van der Waals surface area contributed by atoms with E-state index in [0.29, 0.717) is 18.6 Å². The van der Waals surface area contributed by atoms with Crippen molar-refractivity contribution in [1.29, 1.82) is 0 Å². The van der Waals surface area contributed by atoms with Crippen LogP contribution in [0, 0.1) is 6.92 Å². The molecule has 0 amide bonds. The van der Waals surface area contributed by atoms with Crippen molar-refractivity contribution < 1.29 is 34.6 Å². The van der Waals surface area contributed by atoms with E-state index in [2.05, 4.69) is 0 Å². The Morgan fingerprint density at radius 3 is 2.45 bits per heavy atom. The van der Waals surface area contributed by atoms with Crippen molar-refractivity contribution in [2.75, 3.05) is 19.8 Å². The Morgan fingerprint density at radius 2 is 1.77 bits per heavy atom. The van der Waals surface area contributed by atoms with Crippen molar-refractivity contribution in [2.45, 2.75) is 56.4 Å². The first-order valence-electron chi connectivity index (χ1n) is 10.7. The molecule has 2 aromatic rings. The number of rotatable bonds is 6. The molecule has 0 unspecified atom stereocenters. The summed E-state index contributed by atoms with van der Waals surface area (Å²) in [5, 5.41) is 40.0. The van der Waals surface area contributed by atoms with Crippen LogP contribution in [0.1, 0.15) is 34.8 Å². The molecule has 7 nitrogen and oxygen atoms in total. The Morgan fingerprint density at radius 1 is 1.00 bits per heavy atom. The van der Waals surface area contributed by atoms with Crippen LogP contribution in [-0.2, 0) is 15.9 Å². The molecule has 0 radical (unpaired) electrons. The van der Waals surface area contributed by atoms with Gasteiger partial charge in [0.05, 0.1) is 19.8 Å². The van der Waals surface area contributed by atoms with Gasteiger partial charge in [-0.2, -0.15) is 0 Å². The van der Waals surface area contributed by atoms with Crippen LogP contribution in [0.4, 0.5) is 0 Å². The smallest absolute Gasteiger partial charge is 0.124 e. The first kappa shape index (κ1) is 22.2. The van der Waals surface area contributed by atoms with E-state index in [1.807, 2.05) is 49.4 Å². The van der Waals surface area contributed by atoms with Gasteiger partial charge < -0.3 is 34.6 Å². The molecule has 0 aliphatic carbocycles. The molecule has 2 aromatic carbocycles. The van der Waals surface area contributed by atoms with E-state index in [0.717, 1.165) is 35.5 Å². The maximum Gasteiger partial charge on any atom is 0.124 e. The van der Waals surface area contributed by atoms with Gasteiger partial charge in [-0.1, -0.05) is 30.3 Å². The Kier molecular flexibility index (Phi) is 6.91. The van der Waals surface area contributed by atoms with Gasteiger partial charge >= 0.3 is 0 Å².